The minimum absolute atomic E-state index is 0.0410. The Labute approximate surface area is 209 Å². The molecule has 1 saturated heterocycles. The van der Waals surface area contributed by atoms with Crippen LogP contribution in [0.25, 0.3) is 16.9 Å². The van der Waals surface area contributed by atoms with E-state index in [-0.39, 0.29) is 5.91 Å². The molecule has 6 heteroatoms. The van der Waals surface area contributed by atoms with Gasteiger partial charge in [0.1, 0.15) is 0 Å². The number of nitrogens with zero attached hydrogens (tertiary/aromatic N) is 3. The van der Waals surface area contributed by atoms with Gasteiger partial charge in [-0.15, -0.1) is 0 Å². The molecule has 1 amide bonds. The summed E-state index contributed by atoms with van der Waals surface area (Å²) < 4.78 is 2.09. The third kappa shape index (κ3) is 4.20. The van der Waals surface area contributed by atoms with Gasteiger partial charge in [-0.3, -0.25) is 4.79 Å². The van der Waals surface area contributed by atoms with Crippen molar-refractivity contribution in [2.45, 2.75) is 6.92 Å². The van der Waals surface area contributed by atoms with Crippen LogP contribution in [0, 0.1) is 6.92 Å². The van der Waals surface area contributed by atoms with Crippen molar-refractivity contribution in [1.82, 2.24) is 9.47 Å². The van der Waals surface area contributed by atoms with Gasteiger partial charge in [0, 0.05) is 31.9 Å². The number of benzene rings is 3. The average molecular weight is 490 g/mol. The number of halogens is 2. The van der Waals surface area contributed by atoms with E-state index in [0.29, 0.717) is 23.7 Å². The third-order valence-corrected chi connectivity index (χ3v) is 7.04. The van der Waals surface area contributed by atoms with Gasteiger partial charge in [-0.25, -0.2) is 0 Å². The van der Waals surface area contributed by atoms with Crippen molar-refractivity contribution in [1.29, 1.82) is 0 Å². The lowest BCUT2D eigenvalue weighted by Crippen LogP contribution is -2.49. The first-order valence-corrected chi connectivity index (χ1v) is 12.1. The number of carbonyl (C=O) groups excluding carboxylic acids is 1. The van der Waals surface area contributed by atoms with Gasteiger partial charge in [-0.2, -0.15) is 0 Å². The highest BCUT2D eigenvalue weighted by Crippen LogP contribution is 2.33. The second-order valence-electron chi connectivity index (χ2n) is 8.41. The Morgan fingerprint density at radius 3 is 1.91 bits per heavy atom. The zero-order valence-electron chi connectivity index (χ0n) is 18.9. The monoisotopic (exact) mass is 489 g/mol. The second-order valence-corrected chi connectivity index (χ2v) is 9.23. The van der Waals surface area contributed by atoms with Crippen molar-refractivity contribution in [2.24, 2.45) is 0 Å². The minimum Gasteiger partial charge on any atom is -0.367 e. The predicted octanol–water partition coefficient (Wildman–Crippen LogP) is 6.72. The number of aromatic nitrogens is 1. The Morgan fingerprint density at radius 2 is 1.29 bits per heavy atom. The molecule has 1 aliphatic heterocycles. The summed E-state index contributed by atoms with van der Waals surface area (Å²) in [6.07, 6.45) is 0. The molecule has 0 atom stereocenters. The van der Waals surface area contributed by atoms with Gasteiger partial charge < -0.3 is 14.4 Å². The molecule has 34 heavy (non-hydrogen) atoms. The van der Waals surface area contributed by atoms with Crippen molar-refractivity contribution in [3.8, 4) is 16.9 Å². The van der Waals surface area contributed by atoms with Crippen LogP contribution in [0.2, 0.25) is 10.0 Å². The number of para-hydroxylation sites is 2. The van der Waals surface area contributed by atoms with Gasteiger partial charge >= 0.3 is 0 Å². The summed E-state index contributed by atoms with van der Waals surface area (Å²) in [6.45, 7) is 4.75. The molecular formula is C28H25Cl2N3O. The summed E-state index contributed by atoms with van der Waals surface area (Å²) in [5.74, 6) is 0.0410. The van der Waals surface area contributed by atoms with Gasteiger partial charge in [0.15, 0.2) is 0 Å². The van der Waals surface area contributed by atoms with Crippen LogP contribution < -0.4 is 4.90 Å². The van der Waals surface area contributed by atoms with E-state index in [1.807, 2.05) is 84.6 Å². The van der Waals surface area contributed by atoms with Crippen LogP contribution in [0.5, 0.6) is 0 Å². The molecule has 1 fully saturated rings. The average Bonchev–Trinajstić information content (AvgIpc) is 3.21. The molecule has 3 aromatic carbocycles. The maximum absolute atomic E-state index is 13.7. The number of hydrogen-bond acceptors (Lipinski definition) is 2. The number of rotatable bonds is 4. The van der Waals surface area contributed by atoms with E-state index in [2.05, 4.69) is 21.6 Å². The maximum atomic E-state index is 13.7. The van der Waals surface area contributed by atoms with E-state index in [9.17, 15) is 4.79 Å². The van der Waals surface area contributed by atoms with E-state index in [0.717, 1.165) is 46.4 Å². The highest BCUT2D eigenvalue weighted by molar-refractivity contribution is 6.33. The fraction of sp³-hybridized carbons (Fsp3) is 0.179. The molecule has 0 N–H and O–H groups in total. The van der Waals surface area contributed by atoms with Crippen molar-refractivity contribution in [3.05, 3.63) is 106 Å². The molecule has 0 radical (unpaired) electrons. The lowest BCUT2D eigenvalue weighted by Gasteiger charge is -2.36. The normalized spacial score (nSPS) is 13.9. The summed E-state index contributed by atoms with van der Waals surface area (Å²) >= 11 is 13.0. The Morgan fingerprint density at radius 1 is 0.735 bits per heavy atom. The van der Waals surface area contributed by atoms with Crippen molar-refractivity contribution < 1.29 is 4.79 Å². The van der Waals surface area contributed by atoms with E-state index in [1.54, 1.807) is 0 Å². The number of anilines is 1. The van der Waals surface area contributed by atoms with E-state index in [4.69, 9.17) is 23.2 Å². The Bertz CT molecular complexity index is 1320. The molecule has 5 rings (SSSR count). The van der Waals surface area contributed by atoms with Gasteiger partial charge in [-0.1, -0.05) is 77.8 Å². The molecule has 0 spiro atoms. The molecule has 0 saturated carbocycles. The Balaban J connectivity index is 1.47. The highest BCUT2D eigenvalue weighted by atomic mass is 35.5. The molecule has 4 aromatic rings. The summed E-state index contributed by atoms with van der Waals surface area (Å²) in [7, 11) is 0. The Hall–Kier alpha value is -3.21. The number of hydrogen-bond donors (Lipinski definition) is 0. The topological polar surface area (TPSA) is 28.5 Å². The largest absolute Gasteiger partial charge is 0.367 e. The quantitative estimate of drug-likeness (QED) is 0.318. The van der Waals surface area contributed by atoms with Crippen LogP contribution in [0.4, 0.5) is 5.69 Å². The molecule has 172 valence electrons. The van der Waals surface area contributed by atoms with Crippen LogP contribution in [0.1, 0.15) is 16.1 Å². The SMILES string of the molecule is Cc1c(C(=O)N2CCN(c3ccccc3Cl)CC2)cc(-c2ccccc2)n1-c1ccccc1Cl. The zero-order chi connectivity index (χ0) is 23.7. The molecule has 1 aromatic heterocycles. The highest BCUT2D eigenvalue weighted by Gasteiger charge is 2.27. The van der Waals surface area contributed by atoms with E-state index in [1.165, 1.54) is 0 Å². The van der Waals surface area contributed by atoms with Gasteiger partial charge in [0.25, 0.3) is 5.91 Å². The van der Waals surface area contributed by atoms with Crippen molar-refractivity contribution >= 4 is 34.8 Å². The van der Waals surface area contributed by atoms with Crippen LogP contribution >= 0.6 is 23.2 Å². The van der Waals surface area contributed by atoms with Crippen molar-refractivity contribution in [3.63, 3.8) is 0 Å². The standard InChI is InChI=1S/C28H25Cl2N3O/c1-20-22(28(34)32-17-15-31(16-18-32)25-13-7-5-11-23(25)29)19-27(21-9-3-2-4-10-21)33(20)26-14-8-6-12-24(26)30/h2-14,19H,15-18H2,1H3. The van der Waals surface area contributed by atoms with Crippen molar-refractivity contribution in [2.75, 3.05) is 31.1 Å². The van der Waals surface area contributed by atoms with E-state index >= 15 is 0 Å². The zero-order valence-corrected chi connectivity index (χ0v) is 20.4. The van der Waals surface area contributed by atoms with Gasteiger partial charge in [-0.05, 0) is 42.8 Å². The molecule has 2 heterocycles. The lowest BCUT2D eigenvalue weighted by molar-refractivity contribution is 0.0746. The summed E-state index contributed by atoms with van der Waals surface area (Å²) in [6, 6.07) is 27.7. The minimum atomic E-state index is 0.0410. The van der Waals surface area contributed by atoms with Crippen LogP contribution in [-0.2, 0) is 0 Å². The smallest absolute Gasteiger partial charge is 0.255 e. The summed E-state index contributed by atoms with van der Waals surface area (Å²) in [5.41, 5.74) is 5.44. The predicted molar refractivity (Wildman–Crippen MR) is 141 cm³/mol. The first-order chi connectivity index (χ1) is 16.5. The molecular weight excluding hydrogens is 465 g/mol. The maximum Gasteiger partial charge on any atom is 0.255 e. The number of amides is 1. The molecule has 0 unspecified atom stereocenters. The molecule has 0 aliphatic carbocycles. The Kier molecular flexibility index (Phi) is 6.36. The molecule has 4 nitrogen and oxygen atoms in total. The summed E-state index contributed by atoms with van der Waals surface area (Å²) in [4.78, 5) is 17.9. The lowest BCUT2D eigenvalue weighted by atomic mass is 10.1. The summed E-state index contributed by atoms with van der Waals surface area (Å²) in [5, 5.41) is 1.38. The molecule has 0 bridgehead atoms. The van der Waals surface area contributed by atoms with Crippen LogP contribution in [0.15, 0.2) is 84.9 Å². The second kappa shape index (κ2) is 9.57. The third-order valence-electron chi connectivity index (χ3n) is 6.40. The van der Waals surface area contributed by atoms with Crippen LogP contribution in [0.3, 0.4) is 0 Å². The number of carbonyl (C=O) groups is 1. The van der Waals surface area contributed by atoms with Gasteiger partial charge in [0.05, 0.1) is 32.7 Å². The van der Waals surface area contributed by atoms with Crippen LogP contribution in [-0.4, -0.2) is 41.6 Å². The van der Waals surface area contributed by atoms with Gasteiger partial charge in [0.2, 0.25) is 0 Å². The first-order valence-electron chi connectivity index (χ1n) is 11.4. The van der Waals surface area contributed by atoms with E-state index < -0.39 is 0 Å². The first kappa shape index (κ1) is 22.6. The fourth-order valence-corrected chi connectivity index (χ4v) is 5.09. The molecule has 1 aliphatic rings. The fourth-order valence-electron chi connectivity index (χ4n) is 4.62. The number of piperazine rings is 1.